The number of allylic oxidation sites excluding steroid dienone is 1. The molecule has 0 bridgehead atoms. The zero-order valence-electron chi connectivity index (χ0n) is 20.6. The molecule has 178 valence electrons. The summed E-state index contributed by atoms with van der Waals surface area (Å²) in [5.74, 6) is 0. The number of hydrogen-bond acceptors (Lipinski definition) is 3. The van der Waals surface area contributed by atoms with E-state index in [0.29, 0.717) is 16.7 Å². The van der Waals surface area contributed by atoms with Gasteiger partial charge in [0.25, 0.3) is 0 Å². The van der Waals surface area contributed by atoms with Gasteiger partial charge in [-0.25, -0.2) is 13.1 Å². The van der Waals surface area contributed by atoms with Gasteiger partial charge in [0.2, 0.25) is 10.0 Å². The molecule has 1 atom stereocenters. The average molecular weight is 467 g/mol. The predicted molar refractivity (Wildman–Crippen MR) is 139 cm³/mol. The summed E-state index contributed by atoms with van der Waals surface area (Å²) in [6, 6.07) is 17.7. The Morgan fingerprint density at radius 3 is 2.39 bits per heavy atom. The molecule has 1 fully saturated rings. The first-order valence-electron chi connectivity index (χ1n) is 11.6. The molecule has 0 amide bonds. The second-order valence-corrected chi connectivity index (χ2v) is 12.6. The summed E-state index contributed by atoms with van der Waals surface area (Å²) in [4.78, 5) is 2.73. The molecule has 2 aromatic carbocycles. The van der Waals surface area contributed by atoms with Crippen LogP contribution in [0, 0.1) is 10.8 Å². The lowest BCUT2D eigenvalue weighted by atomic mass is 9.72. The number of benzene rings is 2. The summed E-state index contributed by atoms with van der Waals surface area (Å²) in [7, 11) is -3.69. The van der Waals surface area contributed by atoms with E-state index in [9.17, 15) is 8.42 Å². The Balaban J connectivity index is 1.98. The van der Waals surface area contributed by atoms with Gasteiger partial charge in [-0.3, -0.25) is 4.90 Å². The van der Waals surface area contributed by atoms with Crippen molar-refractivity contribution in [1.29, 1.82) is 0 Å². The zero-order chi connectivity index (χ0) is 24.3. The molecule has 0 radical (unpaired) electrons. The van der Waals surface area contributed by atoms with Gasteiger partial charge in [-0.05, 0) is 40.2 Å². The Morgan fingerprint density at radius 1 is 1.09 bits per heavy atom. The first kappa shape index (κ1) is 25.4. The van der Waals surface area contributed by atoms with Crippen molar-refractivity contribution in [1.82, 2.24) is 9.62 Å². The standard InChI is InChI=1S/C28H38N2O2S/c1-7-13-24-16-11-12-17-25(24)22(2)33(31,32)29-26-19-30(18-23-14-9-8-10-15-23)21-27(3,4)20-28(26,5)6/h7-17,26,29H,1,18-21H2,2-6H3/b24-13-,25-22+. The Morgan fingerprint density at radius 2 is 1.73 bits per heavy atom. The van der Waals surface area contributed by atoms with Crippen molar-refractivity contribution < 1.29 is 8.42 Å². The molecule has 1 heterocycles. The van der Waals surface area contributed by atoms with Crippen molar-refractivity contribution in [2.45, 2.75) is 53.6 Å². The molecule has 0 aromatic heterocycles. The van der Waals surface area contributed by atoms with Crippen LogP contribution < -0.4 is 15.2 Å². The highest BCUT2D eigenvalue weighted by molar-refractivity contribution is 7.98. The zero-order valence-corrected chi connectivity index (χ0v) is 21.5. The van der Waals surface area contributed by atoms with Gasteiger partial charge in [-0.1, -0.05) is 101 Å². The lowest BCUT2D eigenvalue weighted by Gasteiger charge is -2.36. The van der Waals surface area contributed by atoms with Crippen LogP contribution in [0.3, 0.4) is 0 Å². The summed E-state index contributed by atoms with van der Waals surface area (Å²) in [6.45, 7) is 16.8. The minimum atomic E-state index is -3.69. The Labute approximate surface area is 199 Å². The third kappa shape index (κ3) is 6.44. The topological polar surface area (TPSA) is 49.4 Å². The van der Waals surface area contributed by atoms with Crippen LogP contribution in [0.1, 0.15) is 46.6 Å². The highest BCUT2D eigenvalue weighted by Gasteiger charge is 2.42. The van der Waals surface area contributed by atoms with Crippen LogP contribution in [0.5, 0.6) is 0 Å². The average Bonchev–Trinajstić information content (AvgIpc) is 2.80. The van der Waals surface area contributed by atoms with Crippen LogP contribution in [-0.4, -0.2) is 32.4 Å². The fraction of sp³-hybridized carbons (Fsp3) is 0.429. The highest BCUT2D eigenvalue weighted by atomic mass is 32.2. The van der Waals surface area contributed by atoms with Gasteiger partial charge in [-0.2, -0.15) is 0 Å². The van der Waals surface area contributed by atoms with Crippen molar-refractivity contribution in [3.8, 4) is 0 Å². The number of sulfonamides is 1. The van der Waals surface area contributed by atoms with E-state index in [-0.39, 0.29) is 16.9 Å². The van der Waals surface area contributed by atoms with Gasteiger partial charge in [-0.15, -0.1) is 0 Å². The van der Waals surface area contributed by atoms with Gasteiger partial charge >= 0.3 is 0 Å². The van der Waals surface area contributed by atoms with Crippen LogP contribution in [0.4, 0.5) is 0 Å². The first-order chi connectivity index (χ1) is 15.4. The molecule has 0 spiro atoms. The molecule has 1 aliphatic heterocycles. The largest absolute Gasteiger partial charge is 0.297 e. The molecular weight excluding hydrogens is 428 g/mol. The number of rotatable bonds is 6. The van der Waals surface area contributed by atoms with Crippen molar-refractivity contribution in [2.75, 3.05) is 13.1 Å². The maximum absolute atomic E-state index is 13.6. The van der Waals surface area contributed by atoms with E-state index in [4.69, 9.17) is 0 Å². The predicted octanol–water partition coefficient (Wildman–Crippen LogP) is 4.03. The number of nitrogens with zero attached hydrogens (tertiary/aromatic N) is 1. The molecule has 0 aliphatic carbocycles. The molecule has 2 aromatic rings. The number of hydrogen-bond donors (Lipinski definition) is 1. The molecule has 0 saturated carbocycles. The van der Waals surface area contributed by atoms with E-state index in [1.54, 1.807) is 13.0 Å². The quantitative estimate of drug-likeness (QED) is 0.699. The third-order valence-electron chi connectivity index (χ3n) is 6.56. The van der Waals surface area contributed by atoms with Crippen LogP contribution >= 0.6 is 0 Å². The molecule has 5 heteroatoms. The second-order valence-electron chi connectivity index (χ2n) is 10.7. The smallest absolute Gasteiger partial charge is 0.237 e. The van der Waals surface area contributed by atoms with Crippen LogP contribution in [-0.2, 0) is 16.6 Å². The lowest BCUT2D eigenvalue weighted by Crippen LogP contribution is -2.50. The minimum absolute atomic E-state index is 0.0722. The molecular formula is C28H38N2O2S. The minimum Gasteiger partial charge on any atom is -0.297 e. The molecule has 33 heavy (non-hydrogen) atoms. The summed E-state index contributed by atoms with van der Waals surface area (Å²) in [5.41, 5.74) is 1.11. The molecule has 1 saturated heterocycles. The van der Waals surface area contributed by atoms with E-state index in [1.165, 1.54) is 5.56 Å². The summed E-state index contributed by atoms with van der Waals surface area (Å²) < 4.78 is 30.3. The van der Waals surface area contributed by atoms with E-state index in [0.717, 1.165) is 24.7 Å². The van der Waals surface area contributed by atoms with E-state index in [1.807, 2.05) is 36.4 Å². The highest BCUT2D eigenvalue weighted by Crippen LogP contribution is 2.40. The normalized spacial score (nSPS) is 22.5. The lowest BCUT2D eigenvalue weighted by molar-refractivity contribution is 0.172. The van der Waals surface area contributed by atoms with Crippen LogP contribution in [0.25, 0.3) is 11.0 Å². The van der Waals surface area contributed by atoms with Crippen molar-refractivity contribution in [3.63, 3.8) is 0 Å². The van der Waals surface area contributed by atoms with E-state index in [2.05, 4.69) is 68.2 Å². The third-order valence-corrected chi connectivity index (χ3v) is 8.18. The van der Waals surface area contributed by atoms with E-state index >= 15 is 0 Å². The molecule has 1 N–H and O–H groups in total. The Hall–Kier alpha value is -2.21. The van der Waals surface area contributed by atoms with E-state index < -0.39 is 10.0 Å². The first-order valence-corrected chi connectivity index (χ1v) is 13.1. The molecule has 1 aliphatic rings. The Bertz CT molecular complexity index is 1200. The van der Waals surface area contributed by atoms with Crippen LogP contribution in [0.15, 0.2) is 67.3 Å². The Kier molecular flexibility index (Phi) is 7.67. The van der Waals surface area contributed by atoms with Gasteiger partial charge in [0.15, 0.2) is 0 Å². The number of likely N-dealkylation sites (tertiary alicyclic amines) is 1. The fourth-order valence-electron chi connectivity index (χ4n) is 5.26. The van der Waals surface area contributed by atoms with Gasteiger partial charge < -0.3 is 0 Å². The monoisotopic (exact) mass is 466 g/mol. The summed E-state index contributed by atoms with van der Waals surface area (Å²) in [5, 5.41) is 1.56. The number of nitrogens with one attached hydrogen (secondary N) is 1. The maximum atomic E-state index is 13.6. The van der Waals surface area contributed by atoms with Crippen molar-refractivity contribution in [3.05, 3.63) is 83.3 Å². The van der Waals surface area contributed by atoms with Gasteiger partial charge in [0, 0.05) is 25.7 Å². The van der Waals surface area contributed by atoms with Gasteiger partial charge in [0.1, 0.15) is 0 Å². The summed E-state index contributed by atoms with van der Waals surface area (Å²) in [6.07, 6.45) is 4.45. The fourth-order valence-corrected chi connectivity index (χ4v) is 6.68. The maximum Gasteiger partial charge on any atom is 0.237 e. The molecule has 4 nitrogen and oxygen atoms in total. The van der Waals surface area contributed by atoms with Crippen molar-refractivity contribution >= 4 is 21.0 Å². The van der Waals surface area contributed by atoms with Crippen LogP contribution in [0.2, 0.25) is 0 Å². The van der Waals surface area contributed by atoms with Crippen molar-refractivity contribution in [2.24, 2.45) is 10.8 Å². The SMILES string of the molecule is C=C/C=c1/cccc/c1=C(/C)S(=O)(=O)NC1CN(Cc2ccccc2)CC(C)(C)CC1(C)C. The summed E-state index contributed by atoms with van der Waals surface area (Å²) >= 11 is 0. The second kappa shape index (κ2) is 9.96. The van der Waals surface area contributed by atoms with Gasteiger partial charge in [0.05, 0.1) is 4.91 Å². The molecule has 1 unspecified atom stereocenters. The molecule has 3 rings (SSSR count).